The molecule has 1 saturated carbocycles. The third kappa shape index (κ3) is 3.38. The Bertz CT molecular complexity index is 916. The van der Waals surface area contributed by atoms with E-state index in [1.54, 1.807) is 12.1 Å². The highest BCUT2D eigenvalue weighted by molar-refractivity contribution is 6.28. The Morgan fingerprint density at radius 3 is 2.62 bits per heavy atom. The summed E-state index contributed by atoms with van der Waals surface area (Å²) in [7, 11) is 0. The van der Waals surface area contributed by atoms with Crippen molar-refractivity contribution < 1.29 is 4.39 Å². The lowest BCUT2D eigenvalue weighted by Crippen LogP contribution is -2.14. The number of halogens is 2. The first kappa shape index (κ1) is 17.2. The Morgan fingerprint density at radius 2 is 1.88 bits per heavy atom. The van der Waals surface area contributed by atoms with Crippen LogP contribution in [0.2, 0.25) is 5.28 Å². The molecule has 1 aliphatic rings. The van der Waals surface area contributed by atoms with Crippen LogP contribution in [-0.4, -0.2) is 19.7 Å². The van der Waals surface area contributed by atoms with Gasteiger partial charge in [-0.3, -0.25) is 0 Å². The summed E-state index contributed by atoms with van der Waals surface area (Å²) in [5.41, 5.74) is 2.64. The van der Waals surface area contributed by atoms with Crippen LogP contribution in [0.4, 0.5) is 10.2 Å². The molecule has 136 valence electrons. The number of nitrogens with zero attached hydrogens (tertiary/aromatic N) is 4. The van der Waals surface area contributed by atoms with E-state index in [0.717, 1.165) is 35.1 Å². The maximum atomic E-state index is 13.1. The standard InChI is InChI=1S/C19H21ClFN5/c1-12-16-17(22-11-13-7-9-14(21)10-8-13)23-19(20)24-18(16)26(25-12)15-5-3-2-4-6-15/h7-10,15H,2-6,11H2,1H3,(H,22,23,24). The smallest absolute Gasteiger partial charge is 0.226 e. The first-order valence-electron chi connectivity index (χ1n) is 9.02. The average Bonchev–Trinajstić information content (AvgIpc) is 2.98. The van der Waals surface area contributed by atoms with E-state index in [-0.39, 0.29) is 11.1 Å². The van der Waals surface area contributed by atoms with Gasteiger partial charge in [0.15, 0.2) is 5.65 Å². The van der Waals surface area contributed by atoms with Gasteiger partial charge in [0, 0.05) is 6.54 Å². The molecule has 3 aromatic rings. The highest BCUT2D eigenvalue weighted by Gasteiger charge is 2.22. The van der Waals surface area contributed by atoms with Crippen molar-refractivity contribution in [2.24, 2.45) is 0 Å². The molecule has 2 aromatic heterocycles. The molecule has 1 aliphatic carbocycles. The number of hydrogen-bond acceptors (Lipinski definition) is 4. The molecule has 1 N–H and O–H groups in total. The van der Waals surface area contributed by atoms with Gasteiger partial charge in [-0.1, -0.05) is 31.4 Å². The Morgan fingerprint density at radius 1 is 1.15 bits per heavy atom. The predicted octanol–water partition coefficient (Wildman–Crippen LogP) is 5.04. The largest absolute Gasteiger partial charge is 0.365 e. The Labute approximate surface area is 156 Å². The quantitative estimate of drug-likeness (QED) is 0.650. The first-order chi connectivity index (χ1) is 12.6. The summed E-state index contributed by atoms with van der Waals surface area (Å²) in [5, 5.41) is 9.17. The minimum Gasteiger partial charge on any atom is -0.365 e. The average molecular weight is 374 g/mol. The summed E-state index contributed by atoms with van der Waals surface area (Å²) >= 11 is 6.19. The zero-order valence-corrected chi connectivity index (χ0v) is 15.4. The molecule has 0 unspecified atom stereocenters. The van der Waals surface area contributed by atoms with E-state index in [2.05, 4.69) is 15.3 Å². The molecule has 2 heterocycles. The second-order valence-corrected chi connectivity index (χ2v) is 7.18. The third-order valence-electron chi connectivity index (χ3n) is 4.99. The number of hydrogen-bond donors (Lipinski definition) is 1. The van der Waals surface area contributed by atoms with E-state index in [1.807, 2.05) is 11.6 Å². The SMILES string of the molecule is Cc1nn(C2CCCCC2)c2nc(Cl)nc(NCc3ccc(F)cc3)c12. The molecule has 5 nitrogen and oxygen atoms in total. The van der Waals surface area contributed by atoms with Crippen LogP contribution in [0.5, 0.6) is 0 Å². The van der Waals surface area contributed by atoms with Gasteiger partial charge in [-0.2, -0.15) is 15.1 Å². The monoisotopic (exact) mass is 373 g/mol. The van der Waals surface area contributed by atoms with E-state index in [0.29, 0.717) is 18.4 Å². The van der Waals surface area contributed by atoms with Gasteiger partial charge in [-0.25, -0.2) is 9.07 Å². The minimum atomic E-state index is -0.245. The fraction of sp³-hybridized carbons (Fsp3) is 0.421. The van der Waals surface area contributed by atoms with Crippen molar-refractivity contribution in [1.29, 1.82) is 0 Å². The summed E-state index contributed by atoms with van der Waals surface area (Å²) in [6.45, 7) is 2.50. The second-order valence-electron chi connectivity index (χ2n) is 6.84. The Kier molecular flexibility index (Phi) is 4.76. The molecule has 0 atom stereocenters. The number of aromatic nitrogens is 4. The van der Waals surface area contributed by atoms with Crippen molar-refractivity contribution in [3.8, 4) is 0 Å². The summed E-state index contributed by atoms with van der Waals surface area (Å²) in [5.74, 6) is 0.426. The highest BCUT2D eigenvalue weighted by Crippen LogP contribution is 2.33. The van der Waals surface area contributed by atoms with E-state index < -0.39 is 0 Å². The molecule has 0 bridgehead atoms. The van der Waals surface area contributed by atoms with Crippen molar-refractivity contribution >= 4 is 28.5 Å². The topological polar surface area (TPSA) is 55.6 Å². The number of rotatable bonds is 4. The van der Waals surface area contributed by atoms with Gasteiger partial charge >= 0.3 is 0 Å². The van der Waals surface area contributed by atoms with Gasteiger partial charge in [0.25, 0.3) is 0 Å². The number of fused-ring (bicyclic) bond motifs is 1. The van der Waals surface area contributed by atoms with Crippen molar-refractivity contribution in [3.63, 3.8) is 0 Å². The fourth-order valence-electron chi connectivity index (χ4n) is 3.68. The lowest BCUT2D eigenvalue weighted by Gasteiger charge is -2.22. The molecule has 4 rings (SSSR count). The Balaban J connectivity index is 1.68. The first-order valence-corrected chi connectivity index (χ1v) is 9.40. The van der Waals surface area contributed by atoms with Crippen LogP contribution in [-0.2, 0) is 6.54 Å². The van der Waals surface area contributed by atoms with Crippen molar-refractivity contribution in [3.05, 3.63) is 46.6 Å². The molecule has 0 saturated heterocycles. The van der Waals surface area contributed by atoms with Crippen molar-refractivity contribution in [1.82, 2.24) is 19.7 Å². The molecule has 7 heteroatoms. The second kappa shape index (κ2) is 7.19. The molecule has 0 radical (unpaired) electrons. The molecule has 0 spiro atoms. The lowest BCUT2D eigenvalue weighted by atomic mass is 9.96. The van der Waals surface area contributed by atoms with Crippen LogP contribution in [0, 0.1) is 12.7 Å². The maximum Gasteiger partial charge on any atom is 0.226 e. The molecule has 1 aromatic carbocycles. The number of nitrogens with one attached hydrogen (secondary N) is 1. The van der Waals surface area contributed by atoms with E-state index >= 15 is 0 Å². The maximum absolute atomic E-state index is 13.1. The third-order valence-corrected chi connectivity index (χ3v) is 5.16. The van der Waals surface area contributed by atoms with E-state index in [9.17, 15) is 4.39 Å². The van der Waals surface area contributed by atoms with Crippen LogP contribution in [0.15, 0.2) is 24.3 Å². The zero-order valence-electron chi connectivity index (χ0n) is 14.7. The summed E-state index contributed by atoms with van der Waals surface area (Å²) < 4.78 is 15.1. The summed E-state index contributed by atoms with van der Waals surface area (Å²) in [6.07, 6.45) is 5.97. The molecule has 26 heavy (non-hydrogen) atoms. The van der Waals surface area contributed by atoms with Gasteiger partial charge in [-0.15, -0.1) is 0 Å². The summed E-state index contributed by atoms with van der Waals surface area (Å²) in [4.78, 5) is 8.83. The van der Waals surface area contributed by atoms with Gasteiger partial charge in [0.1, 0.15) is 11.6 Å². The molecule has 1 fully saturated rings. The number of anilines is 1. The van der Waals surface area contributed by atoms with E-state index in [1.165, 1.54) is 31.4 Å². The Hall–Kier alpha value is -2.21. The molecule has 0 amide bonds. The number of aryl methyl sites for hydroxylation is 1. The van der Waals surface area contributed by atoms with E-state index in [4.69, 9.17) is 16.7 Å². The van der Waals surface area contributed by atoms with Gasteiger partial charge in [0.2, 0.25) is 5.28 Å². The molecule has 0 aliphatic heterocycles. The zero-order chi connectivity index (χ0) is 18.1. The van der Waals surface area contributed by atoms with Crippen molar-refractivity contribution in [2.75, 3.05) is 5.32 Å². The van der Waals surface area contributed by atoms with Crippen LogP contribution in [0.25, 0.3) is 11.0 Å². The highest BCUT2D eigenvalue weighted by atomic mass is 35.5. The van der Waals surface area contributed by atoms with Crippen LogP contribution >= 0.6 is 11.6 Å². The van der Waals surface area contributed by atoms with Crippen LogP contribution in [0.3, 0.4) is 0 Å². The van der Waals surface area contributed by atoms with Gasteiger partial charge in [0.05, 0.1) is 17.1 Å². The van der Waals surface area contributed by atoms with Gasteiger partial charge in [-0.05, 0) is 49.1 Å². The lowest BCUT2D eigenvalue weighted by molar-refractivity contribution is 0.335. The minimum absolute atomic E-state index is 0.205. The normalized spacial score (nSPS) is 15.5. The van der Waals surface area contributed by atoms with Crippen molar-refractivity contribution in [2.45, 2.75) is 51.6 Å². The van der Waals surface area contributed by atoms with Gasteiger partial charge < -0.3 is 5.32 Å². The van der Waals surface area contributed by atoms with Crippen LogP contribution < -0.4 is 5.32 Å². The molecular weight excluding hydrogens is 353 g/mol. The summed E-state index contributed by atoms with van der Waals surface area (Å²) in [6, 6.07) is 6.77. The molecular formula is C19H21ClFN5. The predicted molar refractivity (Wildman–Crippen MR) is 101 cm³/mol. The van der Waals surface area contributed by atoms with Crippen LogP contribution in [0.1, 0.15) is 49.4 Å². The fourth-order valence-corrected chi connectivity index (χ4v) is 3.84. The number of benzene rings is 1.